The third-order valence-electron chi connectivity index (χ3n) is 3.04. The lowest BCUT2D eigenvalue weighted by molar-refractivity contribution is 0.387. The van der Waals surface area contributed by atoms with E-state index in [1.807, 2.05) is 6.08 Å². The Hall–Kier alpha value is -1.85. The molecule has 0 aliphatic rings. The van der Waals surface area contributed by atoms with Crippen LogP contribution in [0.3, 0.4) is 0 Å². The van der Waals surface area contributed by atoms with E-state index in [4.69, 9.17) is 4.52 Å². The first-order chi connectivity index (χ1) is 10.2. The number of unbranched alkanes of at least 4 members (excludes halogenated alkanes) is 3. The monoisotopic (exact) mass is 293 g/mol. The molecule has 1 aromatic rings. The highest BCUT2D eigenvalue weighted by atomic mass is 16.5. The van der Waals surface area contributed by atoms with E-state index in [0.717, 1.165) is 31.9 Å². The van der Waals surface area contributed by atoms with E-state index in [2.05, 4.69) is 45.9 Å². The molecule has 0 radical (unpaired) electrons. The summed E-state index contributed by atoms with van der Waals surface area (Å²) in [5.74, 6) is 2.06. The van der Waals surface area contributed by atoms with Gasteiger partial charge >= 0.3 is 0 Å². The first-order valence-corrected chi connectivity index (χ1v) is 7.57. The molecule has 0 bridgehead atoms. The molecule has 6 heteroatoms. The minimum absolute atomic E-state index is 0.431. The molecule has 0 aliphatic carbocycles. The summed E-state index contributed by atoms with van der Waals surface area (Å²) in [6, 6.07) is 0. The second-order valence-corrected chi connectivity index (χ2v) is 4.96. The van der Waals surface area contributed by atoms with E-state index in [0.29, 0.717) is 18.3 Å². The van der Waals surface area contributed by atoms with E-state index < -0.39 is 0 Å². The number of nitrogens with zero attached hydrogens (tertiary/aromatic N) is 4. The molecule has 0 unspecified atom stereocenters. The van der Waals surface area contributed by atoms with E-state index in [1.54, 1.807) is 6.92 Å². The molecule has 0 saturated carbocycles. The number of nitrogens with one attached hydrogen (secondary N) is 1. The Labute approximate surface area is 127 Å². The van der Waals surface area contributed by atoms with E-state index >= 15 is 0 Å². The maximum atomic E-state index is 4.95. The summed E-state index contributed by atoms with van der Waals surface area (Å²) in [6.45, 7) is 9.83. The van der Waals surface area contributed by atoms with Crippen LogP contribution in [-0.4, -0.2) is 41.1 Å². The summed E-state index contributed by atoms with van der Waals surface area (Å²) in [5, 5.41) is 7.14. The number of guanidine groups is 1. The second kappa shape index (κ2) is 9.96. The fourth-order valence-electron chi connectivity index (χ4n) is 1.94. The quantitative estimate of drug-likeness (QED) is 0.328. The standard InChI is InChI=1S/C15H27N5O/c1-5-7-8-9-10-11-20(4)15(16-6-2)17-12-14-18-13(3)21-19-14/h5H,1,6-12H2,2-4H3,(H,16,17). The van der Waals surface area contributed by atoms with Gasteiger partial charge in [0.15, 0.2) is 11.8 Å². The normalized spacial score (nSPS) is 11.5. The van der Waals surface area contributed by atoms with Crippen molar-refractivity contribution in [1.82, 2.24) is 20.4 Å². The van der Waals surface area contributed by atoms with Gasteiger partial charge in [0.2, 0.25) is 5.89 Å². The molecule has 0 fully saturated rings. The summed E-state index contributed by atoms with van der Waals surface area (Å²) < 4.78 is 4.95. The van der Waals surface area contributed by atoms with Crippen molar-refractivity contribution >= 4 is 5.96 Å². The van der Waals surface area contributed by atoms with Gasteiger partial charge in [-0.1, -0.05) is 17.7 Å². The Morgan fingerprint density at radius 1 is 1.43 bits per heavy atom. The van der Waals surface area contributed by atoms with Crippen LogP contribution >= 0.6 is 0 Å². The summed E-state index contributed by atoms with van der Waals surface area (Å²) in [7, 11) is 2.05. The Morgan fingerprint density at radius 3 is 2.86 bits per heavy atom. The molecule has 118 valence electrons. The van der Waals surface area contributed by atoms with Crippen molar-refractivity contribution in [3.8, 4) is 0 Å². The van der Waals surface area contributed by atoms with Gasteiger partial charge in [0.05, 0.1) is 0 Å². The Balaban J connectivity index is 2.44. The number of allylic oxidation sites excluding steroid dienone is 1. The predicted molar refractivity (Wildman–Crippen MR) is 85.1 cm³/mol. The average Bonchev–Trinajstić information content (AvgIpc) is 2.88. The molecule has 1 N–H and O–H groups in total. The van der Waals surface area contributed by atoms with Crippen molar-refractivity contribution in [3.05, 3.63) is 24.4 Å². The number of hydrogen-bond donors (Lipinski definition) is 1. The third kappa shape index (κ3) is 6.92. The van der Waals surface area contributed by atoms with Crippen LogP contribution in [0.25, 0.3) is 0 Å². The molecule has 6 nitrogen and oxygen atoms in total. The largest absolute Gasteiger partial charge is 0.357 e. The highest BCUT2D eigenvalue weighted by molar-refractivity contribution is 5.79. The van der Waals surface area contributed by atoms with Crippen LogP contribution in [0.15, 0.2) is 22.2 Å². The summed E-state index contributed by atoms with van der Waals surface area (Å²) in [5.41, 5.74) is 0. The Morgan fingerprint density at radius 2 is 2.24 bits per heavy atom. The van der Waals surface area contributed by atoms with Gasteiger partial charge < -0.3 is 14.7 Å². The number of aromatic nitrogens is 2. The van der Waals surface area contributed by atoms with Crippen LogP contribution in [0.2, 0.25) is 0 Å². The van der Waals surface area contributed by atoms with E-state index in [-0.39, 0.29) is 0 Å². The lowest BCUT2D eigenvalue weighted by atomic mass is 10.2. The van der Waals surface area contributed by atoms with Gasteiger partial charge in [-0.05, 0) is 26.2 Å². The molecule has 0 saturated heterocycles. The number of aliphatic imine (C=N–C) groups is 1. The van der Waals surface area contributed by atoms with Crippen molar-refractivity contribution in [3.63, 3.8) is 0 Å². The number of hydrogen-bond acceptors (Lipinski definition) is 4. The second-order valence-electron chi connectivity index (χ2n) is 4.96. The maximum absolute atomic E-state index is 4.95. The van der Waals surface area contributed by atoms with Crippen molar-refractivity contribution in [2.75, 3.05) is 20.1 Å². The predicted octanol–water partition coefficient (Wildman–Crippen LogP) is 2.52. The summed E-state index contributed by atoms with van der Waals surface area (Å²) in [6.07, 6.45) is 6.63. The fourth-order valence-corrected chi connectivity index (χ4v) is 1.94. The minimum atomic E-state index is 0.431. The molecular formula is C15H27N5O. The lowest BCUT2D eigenvalue weighted by Gasteiger charge is -2.21. The average molecular weight is 293 g/mol. The minimum Gasteiger partial charge on any atom is -0.357 e. The zero-order chi connectivity index (χ0) is 15.5. The van der Waals surface area contributed by atoms with Crippen LogP contribution in [-0.2, 0) is 6.54 Å². The molecule has 1 rings (SSSR count). The van der Waals surface area contributed by atoms with Gasteiger partial charge in [-0.25, -0.2) is 4.99 Å². The van der Waals surface area contributed by atoms with Crippen LogP contribution in [0.1, 0.15) is 44.3 Å². The Bertz CT molecular complexity index is 441. The van der Waals surface area contributed by atoms with Gasteiger partial charge in [0.25, 0.3) is 0 Å². The first kappa shape index (κ1) is 17.2. The summed E-state index contributed by atoms with van der Waals surface area (Å²) >= 11 is 0. The molecule has 0 aromatic carbocycles. The van der Waals surface area contributed by atoms with Gasteiger partial charge in [-0.15, -0.1) is 6.58 Å². The topological polar surface area (TPSA) is 66.5 Å². The van der Waals surface area contributed by atoms with Crippen molar-refractivity contribution in [1.29, 1.82) is 0 Å². The van der Waals surface area contributed by atoms with Gasteiger partial charge in [-0.2, -0.15) is 4.98 Å². The molecule has 0 spiro atoms. The molecule has 0 aliphatic heterocycles. The van der Waals surface area contributed by atoms with E-state index in [9.17, 15) is 0 Å². The highest BCUT2D eigenvalue weighted by Gasteiger charge is 2.07. The van der Waals surface area contributed by atoms with Crippen LogP contribution in [0.5, 0.6) is 0 Å². The summed E-state index contributed by atoms with van der Waals surface area (Å²) in [4.78, 5) is 10.8. The smallest absolute Gasteiger partial charge is 0.223 e. The van der Waals surface area contributed by atoms with Gasteiger partial charge in [-0.3, -0.25) is 0 Å². The first-order valence-electron chi connectivity index (χ1n) is 7.57. The zero-order valence-corrected chi connectivity index (χ0v) is 13.4. The molecule has 0 amide bonds. The van der Waals surface area contributed by atoms with Crippen molar-refractivity contribution in [2.24, 2.45) is 4.99 Å². The van der Waals surface area contributed by atoms with Crippen LogP contribution < -0.4 is 5.32 Å². The molecule has 1 heterocycles. The number of rotatable bonds is 9. The SMILES string of the molecule is C=CCCCCCN(C)C(=NCc1noc(C)n1)NCC. The van der Waals surface area contributed by atoms with Crippen LogP contribution in [0.4, 0.5) is 0 Å². The molecule has 1 aromatic heterocycles. The van der Waals surface area contributed by atoms with Crippen molar-refractivity contribution in [2.45, 2.75) is 46.1 Å². The molecular weight excluding hydrogens is 266 g/mol. The van der Waals surface area contributed by atoms with Crippen molar-refractivity contribution < 1.29 is 4.52 Å². The zero-order valence-electron chi connectivity index (χ0n) is 13.4. The van der Waals surface area contributed by atoms with Gasteiger partial charge in [0, 0.05) is 27.1 Å². The number of aryl methyl sites for hydroxylation is 1. The third-order valence-corrected chi connectivity index (χ3v) is 3.04. The maximum Gasteiger partial charge on any atom is 0.223 e. The van der Waals surface area contributed by atoms with Crippen LogP contribution in [0, 0.1) is 6.92 Å². The lowest BCUT2D eigenvalue weighted by Crippen LogP contribution is -2.39. The van der Waals surface area contributed by atoms with Gasteiger partial charge in [0.1, 0.15) is 6.54 Å². The van der Waals surface area contributed by atoms with E-state index in [1.165, 1.54) is 12.8 Å². The molecule has 21 heavy (non-hydrogen) atoms. The fraction of sp³-hybridized carbons (Fsp3) is 0.667. The molecule has 0 atom stereocenters. The Kier molecular flexibility index (Phi) is 8.16. The highest BCUT2D eigenvalue weighted by Crippen LogP contribution is 2.02.